The van der Waals surface area contributed by atoms with Crippen LogP contribution in [0.2, 0.25) is 0 Å². The number of amides is 1. The van der Waals surface area contributed by atoms with E-state index in [9.17, 15) is 22.8 Å². The standard InChI is InChI=1S/C16H17N3O5S.C14H20ClNO2/c1-9-10(15(20)11-8-17-19(2)16(11)21)4-5-13(25(3,22)23)14(9)12-6-7-24-18-12;1-4-12-8-6-7-11(3)14(12)16(10-18-5-2)13(17)9-15/h4-5,8,17H,6-7H2,1-3H3;6-8H,4-5,9-10H2,1-3H3. The van der Waals surface area contributed by atoms with Crippen LogP contribution in [0.15, 0.2) is 51.4 Å². The number of sulfone groups is 1. The topological polar surface area (TPSA) is 140 Å². The molecular formula is C30H37ClN4O7S. The Morgan fingerprint density at radius 3 is 2.42 bits per heavy atom. The maximum Gasteiger partial charge on any atom is 0.277 e. The van der Waals surface area contributed by atoms with Crippen LogP contribution < -0.4 is 10.5 Å². The van der Waals surface area contributed by atoms with Gasteiger partial charge in [-0.1, -0.05) is 30.3 Å². The van der Waals surface area contributed by atoms with Crippen molar-refractivity contribution in [2.75, 3.05) is 37.0 Å². The number of aryl methyl sites for hydroxylation is 3. The molecular weight excluding hydrogens is 596 g/mol. The fourth-order valence-electron chi connectivity index (χ4n) is 4.76. The van der Waals surface area contributed by atoms with Crippen LogP contribution in [0.25, 0.3) is 0 Å². The molecule has 13 heteroatoms. The molecule has 2 heterocycles. The van der Waals surface area contributed by atoms with Gasteiger partial charge in [0.25, 0.3) is 5.56 Å². The van der Waals surface area contributed by atoms with E-state index in [2.05, 4.69) is 17.2 Å². The summed E-state index contributed by atoms with van der Waals surface area (Å²) in [4.78, 5) is 43.5. The van der Waals surface area contributed by atoms with E-state index in [4.69, 9.17) is 21.2 Å². The number of alkyl halides is 1. The van der Waals surface area contributed by atoms with E-state index in [-0.39, 0.29) is 34.5 Å². The third-order valence-corrected chi connectivity index (χ3v) is 8.33. The average molecular weight is 633 g/mol. The van der Waals surface area contributed by atoms with Crippen LogP contribution in [-0.4, -0.2) is 67.7 Å². The first-order chi connectivity index (χ1) is 20.4. The third-order valence-electron chi connectivity index (χ3n) is 6.96. The molecule has 3 aromatic rings. The highest BCUT2D eigenvalue weighted by Gasteiger charge is 2.27. The Labute approximate surface area is 256 Å². The lowest BCUT2D eigenvalue weighted by molar-refractivity contribution is -0.117. The molecule has 0 saturated heterocycles. The Hall–Kier alpha value is -3.74. The number of ether oxygens (including phenoxy) is 1. The molecule has 11 nitrogen and oxygen atoms in total. The second-order valence-electron chi connectivity index (χ2n) is 9.90. The van der Waals surface area contributed by atoms with Crippen molar-refractivity contribution in [1.82, 2.24) is 9.78 Å². The number of carbonyl (C=O) groups is 2. The number of rotatable bonds is 10. The second-order valence-corrected chi connectivity index (χ2v) is 12.1. The van der Waals surface area contributed by atoms with Crippen LogP contribution in [0.5, 0.6) is 0 Å². The van der Waals surface area contributed by atoms with E-state index in [0.29, 0.717) is 36.5 Å². The first-order valence-electron chi connectivity index (χ1n) is 13.7. The van der Waals surface area contributed by atoms with E-state index >= 15 is 0 Å². The van der Waals surface area contributed by atoms with Crippen molar-refractivity contribution in [3.63, 3.8) is 0 Å². The largest absolute Gasteiger partial charge is 0.395 e. The minimum Gasteiger partial charge on any atom is -0.395 e. The van der Waals surface area contributed by atoms with Crippen LogP contribution in [0.4, 0.5) is 5.69 Å². The van der Waals surface area contributed by atoms with Gasteiger partial charge in [-0.05, 0) is 56.0 Å². The lowest BCUT2D eigenvalue weighted by Crippen LogP contribution is -2.35. The number of nitrogens with one attached hydrogen (secondary N) is 1. The summed E-state index contributed by atoms with van der Waals surface area (Å²) in [6.45, 7) is 8.79. The van der Waals surface area contributed by atoms with Crippen molar-refractivity contribution in [1.29, 1.82) is 0 Å². The summed E-state index contributed by atoms with van der Waals surface area (Å²) < 4.78 is 30.8. The lowest BCUT2D eigenvalue weighted by atomic mass is 9.93. The summed E-state index contributed by atoms with van der Waals surface area (Å²) in [6, 6.07) is 8.84. The van der Waals surface area contributed by atoms with Gasteiger partial charge in [0.05, 0.1) is 16.3 Å². The number of carbonyl (C=O) groups excluding carboxylic acids is 2. The number of aromatic nitrogens is 2. The van der Waals surface area contributed by atoms with Gasteiger partial charge < -0.3 is 14.7 Å². The van der Waals surface area contributed by atoms with E-state index in [1.165, 1.54) is 30.1 Å². The Balaban J connectivity index is 0.000000250. The highest BCUT2D eigenvalue weighted by molar-refractivity contribution is 7.90. The zero-order valence-corrected chi connectivity index (χ0v) is 26.8. The van der Waals surface area contributed by atoms with Gasteiger partial charge in [-0.25, -0.2) is 8.42 Å². The Morgan fingerprint density at radius 2 is 1.88 bits per heavy atom. The van der Waals surface area contributed by atoms with Crippen LogP contribution in [0.3, 0.4) is 0 Å². The van der Waals surface area contributed by atoms with Crippen molar-refractivity contribution in [2.24, 2.45) is 12.2 Å². The normalized spacial score (nSPS) is 12.7. The van der Waals surface area contributed by atoms with Crippen LogP contribution in [0, 0.1) is 13.8 Å². The molecule has 0 saturated carbocycles. The summed E-state index contributed by atoms with van der Waals surface area (Å²) in [6.07, 6.45) is 3.76. The fraction of sp³-hybridized carbons (Fsp3) is 0.400. The molecule has 0 radical (unpaired) electrons. The van der Waals surface area contributed by atoms with Crippen molar-refractivity contribution in [3.05, 3.63) is 80.3 Å². The van der Waals surface area contributed by atoms with Crippen LogP contribution in [0.1, 0.15) is 58.4 Å². The van der Waals surface area contributed by atoms with Crippen molar-refractivity contribution >= 4 is 44.5 Å². The van der Waals surface area contributed by atoms with Gasteiger partial charge in [0.1, 0.15) is 24.8 Å². The van der Waals surface area contributed by atoms with Crippen molar-refractivity contribution in [2.45, 2.75) is 45.4 Å². The zero-order valence-electron chi connectivity index (χ0n) is 25.2. The molecule has 0 atom stereocenters. The molecule has 1 N–H and O–H groups in total. The number of aromatic amines is 1. The molecule has 1 aromatic heterocycles. The van der Waals surface area contributed by atoms with Gasteiger partial charge in [-0.3, -0.25) is 24.0 Å². The van der Waals surface area contributed by atoms with E-state index in [0.717, 1.165) is 29.5 Å². The molecule has 4 rings (SSSR count). The van der Waals surface area contributed by atoms with Crippen LogP contribution >= 0.6 is 11.6 Å². The Kier molecular flexibility index (Phi) is 11.5. The van der Waals surface area contributed by atoms with Crippen molar-refractivity contribution < 1.29 is 27.6 Å². The first kappa shape index (κ1) is 33.8. The molecule has 0 aliphatic carbocycles. The Morgan fingerprint density at radius 1 is 1.16 bits per heavy atom. The highest BCUT2D eigenvalue weighted by Crippen LogP contribution is 2.28. The van der Waals surface area contributed by atoms with Crippen molar-refractivity contribution in [3.8, 4) is 0 Å². The predicted octanol–water partition coefficient (Wildman–Crippen LogP) is 3.90. The van der Waals surface area contributed by atoms with Crippen LogP contribution in [-0.2, 0) is 37.7 Å². The molecule has 0 unspecified atom stereocenters. The molecule has 43 heavy (non-hydrogen) atoms. The summed E-state index contributed by atoms with van der Waals surface area (Å²) in [5.74, 6) is -0.640. The number of ketones is 1. The molecule has 0 fully saturated rings. The van der Waals surface area contributed by atoms with Gasteiger partial charge >= 0.3 is 0 Å². The summed E-state index contributed by atoms with van der Waals surface area (Å²) >= 11 is 5.68. The third kappa shape index (κ3) is 7.62. The number of nitrogens with zero attached hydrogens (tertiary/aromatic N) is 3. The minimum atomic E-state index is -3.52. The maximum atomic E-state index is 12.8. The van der Waals surface area contributed by atoms with E-state index in [1.54, 1.807) is 11.8 Å². The smallest absolute Gasteiger partial charge is 0.277 e. The number of oxime groups is 1. The van der Waals surface area contributed by atoms with Gasteiger partial charge in [-0.2, -0.15) is 0 Å². The lowest BCUT2D eigenvalue weighted by Gasteiger charge is -2.25. The highest BCUT2D eigenvalue weighted by atomic mass is 35.5. The maximum absolute atomic E-state index is 12.8. The summed E-state index contributed by atoms with van der Waals surface area (Å²) in [5.41, 5.74) is 4.25. The van der Waals surface area contributed by atoms with Gasteiger partial charge in [0.2, 0.25) is 5.91 Å². The molecule has 0 bridgehead atoms. The number of para-hydroxylation sites is 1. The quantitative estimate of drug-likeness (QED) is 0.203. The molecule has 1 amide bonds. The van der Waals surface area contributed by atoms with E-state index in [1.807, 2.05) is 32.0 Å². The number of halogens is 1. The number of benzene rings is 2. The number of H-pyrrole nitrogens is 1. The van der Waals surface area contributed by atoms with E-state index < -0.39 is 21.2 Å². The molecule has 0 spiro atoms. The molecule has 2 aromatic carbocycles. The first-order valence-corrected chi connectivity index (χ1v) is 16.1. The SMILES string of the molecule is CCOCN(C(=O)CCl)c1c(C)cccc1CC.Cc1c(C(=O)c2c[nH]n(C)c2=O)ccc(S(C)(=O)=O)c1C1=NOCC1. The predicted molar refractivity (Wildman–Crippen MR) is 166 cm³/mol. The summed E-state index contributed by atoms with van der Waals surface area (Å²) in [7, 11) is -2.02. The molecule has 1 aliphatic heterocycles. The monoisotopic (exact) mass is 632 g/mol. The Bertz CT molecular complexity index is 1690. The number of hydrogen-bond acceptors (Lipinski definition) is 8. The van der Waals surface area contributed by atoms with Gasteiger partial charge in [0.15, 0.2) is 15.6 Å². The average Bonchev–Trinajstić information content (AvgIpc) is 3.63. The second kappa shape index (κ2) is 14.6. The fourth-order valence-corrected chi connectivity index (χ4v) is 5.86. The van der Waals surface area contributed by atoms with Gasteiger partial charge in [0, 0.05) is 43.7 Å². The minimum absolute atomic E-state index is 0.00623. The number of anilines is 1. The molecule has 232 valence electrons. The zero-order chi connectivity index (χ0) is 31.9. The summed E-state index contributed by atoms with van der Waals surface area (Å²) in [5, 5.41) is 6.56. The number of hydrogen-bond donors (Lipinski definition) is 1. The van der Waals surface area contributed by atoms with Gasteiger partial charge in [-0.15, -0.1) is 11.6 Å². The molecule has 1 aliphatic rings.